The van der Waals surface area contributed by atoms with E-state index in [1.165, 1.54) is 0 Å². The van der Waals surface area contributed by atoms with Crippen LogP contribution in [0.25, 0.3) is 0 Å². The van der Waals surface area contributed by atoms with Crippen LogP contribution >= 0.6 is 0 Å². The van der Waals surface area contributed by atoms with Crippen LogP contribution < -0.4 is 0 Å². The molecular weight excluding hydrogens is 262 g/mol. The molecule has 0 aromatic carbocycles. The first-order valence-electron chi connectivity index (χ1n) is 5.33. The molecule has 0 saturated heterocycles. The zero-order valence-corrected chi connectivity index (χ0v) is 11.2. The average Bonchev–Trinajstić information content (AvgIpc) is 2.54. The highest BCUT2D eigenvalue weighted by Crippen LogP contribution is 1.58. The van der Waals surface area contributed by atoms with E-state index in [-0.39, 0.29) is 0 Å². The van der Waals surface area contributed by atoms with E-state index < -0.39 is 0 Å². The van der Waals surface area contributed by atoms with E-state index in [1.807, 2.05) is 0 Å². The van der Waals surface area contributed by atoms with Crippen LogP contribution in [-0.4, -0.2) is 15.7 Å². The fourth-order valence-corrected chi connectivity index (χ4v) is 0.572. The Hall–Kier alpha value is -4.27. The van der Waals surface area contributed by atoms with Crippen LogP contribution in [0, 0.1) is 118 Å². The second kappa shape index (κ2) is 16.7. The lowest BCUT2D eigenvalue weighted by Crippen LogP contribution is -1.57. The standard InChI is InChI=1S/C20B2/c21-19-17-15-13-11-9-7-5-3-1-2-4-6-8-10-12-14-16-18-20-22. The average molecular weight is 262 g/mol. The van der Waals surface area contributed by atoms with E-state index in [2.05, 4.69) is 118 Å². The molecule has 0 atom stereocenters. The van der Waals surface area contributed by atoms with Gasteiger partial charge in [0.15, 0.2) is 15.7 Å². The fourth-order valence-electron chi connectivity index (χ4n) is 0.572. The van der Waals surface area contributed by atoms with Crippen molar-refractivity contribution >= 4 is 15.7 Å². The van der Waals surface area contributed by atoms with E-state index in [1.54, 1.807) is 0 Å². The summed E-state index contributed by atoms with van der Waals surface area (Å²) >= 11 is 0. The zero-order valence-electron chi connectivity index (χ0n) is 11.2. The minimum Gasteiger partial charge on any atom is -0.158 e. The van der Waals surface area contributed by atoms with E-state index in [0.29, 0.717) is 0 Å². The van der Waals surface area contributed by atoms with Gasteiger partial charge in [-0.05, 0) is 94.7 Å². The molecule has 0 spiro atoms. The molecule has 0 aromatic rings. The van der Waals surface area contributed by atoms with Crippen molar-refractivity contribution in [2.45, 2.75) is 0 Å². The van der Waals surface area contributed by atoms with Crippen LogP contribution in [-0.2, 0) is 0 Å². The van der Waals surface area contributed by atoms with Crippen molar-refractivity contribution in [1.82, 2.24) is 0 Å². The molecule has 0 bridgehead atoms. The molecule has 0 aliphatic rings. The second-order valence-electron chi connectivity index (χ2n) is 2.54. The topological polar surface area (TPSA) is 0 Å². The molecule has 0 saturated carbocycles. The molecule has 2 heteroatoms. The number of rotatable bonds is 0. The Bertz CT molecular complexity index is 946. The van der Waals surface area contributed by atoms with E-state index in [4.69, 9.17) is 15.7 Å². The summed E-state index contributed by atoms with van der Waals surface area (Å²) in [6.45, 7) is 0. The molecule has 0 aliphatic carbocycles. The van der Waals surface area contributed by atoms with Crippen LogP contribution in [0.2, 0.25) is 0 Å². The van der Waals surface area contributed by atoms with Gasteiger partial charge in [0.05, 0.1) is 0 Å². The maximum Gasteiger partial charge on any atom is 0.189 e. The Balaban J connectivity index is 4.36. The van der Waals surface area contributed by atoms with Crippen LogP contribution in [0.4, 0.5) is 0 Å². The molecule has 0 amide bonds. The van der Waals surface area contributed by atoms with Gasteiger partial charge in [-0.15, -0.1) is 0 Å². The van der Waals surface area contributed by atoms with E-state index in [0.717, 1.165) is 0 Å². The minimum atomic E-state index is 2.12. The fraction of sp³-hybridized carbons (Fsp3) is 0. The first-order chi connectivity index (χ1) is 10.9. The highest BCUT2D eigenvalue weighted by Gasteiger charge is 1.58. The molecular formula is C20B2. The largest absolute Gasteiger partial charge is 0.189 e. The van der Waals surface area contributed by atoms with Gasteiger partial charge in [0.1, 0.15) is 0 Å². The SMILES string of the molecule is [B]C#CC#CC#CC#CC#CC#CC#CC#CC#CC#C[B]. The molecule has 0 N–H and O–H groups in total. The first-order valence-corrected chi connectivity index (χ1v) is 5.33. The molecule has 0 aliphatic heterocycles. The number of hydrogen-bond donors (Lipinski definition) is 0. The summed E-state index contributed by atoms with van der Waals surface area (Å²) in [6, 6.07) is 0. The number of hydrogen-bond acceptors (Lipinski definition) is 0. The van der Waals surface area contributed by atoms with E-state index in [9.17, 15) is 0 Å². The van der Waals surface area contributed by atoms with Gasteiger partial charge in [0.2, 0.25) is 0 Å². The van der Waals surface area contributed by atoms with Crippen molar-refractivity contribution in [3.05, 3.63) is 0 Å². The third-order valence-electron chi connectivity index (χ3n) is 1.21. The summed E-state index contributed by atoms with van der Waals surface area (Å²) in [5.41, 5.74) is 0. The molecule has 0 fully saturated rings. The zero-order chi connectivity index (χ0) is 16.1. The van der Waals surface area contributed by atoms with Crippen LogP contribution in [0.3, 0.4) is 0 Å². The summed E-state index contributed by atoms with van der Waals surface area (Å²) in [7, 11) is 9.80. The smallest absolute Gasteiger partial charge is 0.158 e. The van der Waals surface area contributed by atoms with Crippen molar-refractivity contribution in [1.29, 1.82) is 0 Å². The quantitative estimate of drug-likeness (QED) is 0.399. The van der Waals surface area contributed by atoms with Gasteiger partial charge in [-0.2, -0.15) is 11.6 Å². The van der Waals surface area contributed by atoms with Gasteiger partial charge in [0.25, 0.3) is 0 Å². The molecule has 0 aromatic heterocycles. The summed E-state index contributed by atoms with van der Waals surface area (Å²) in [5, 5.41) is 0. The van der Waals surface area contributed by atoms with E-state index >= 15 is 0 Å². The molecule has 22 heavy (non-hydrogen) atoms. The lowest BCUT2D eigenvalue weighted by Gasteiger charge is -1.57. The maximum atomic E-state index is 4.90. The molecule has 0 nitrogen and oxygen atoms in total. The lowest BCUT2D eigenvalue weighted by atomic mass is 10.2. The van der Waals surface area contributed by atoms with Gasteiger partial charge in [0, 0.05) is 11.8 Å². The van der Waals surface area contributed by atoms with Gasteiger partial charge < -0.3 is 0 Å². The normalized spacial score (nSPS) is 3.82. The van der Waals surface area contributed by atoms with Crippen LogP contribution in [0.15, 0.2) is 0 Å². The molecule has 0 heterocycles. The van der Waals surface area contributed by atoms with Gasteiger partial charge >= 0.3 is 0 Å². The second-order valence-corrected chi connectivity index (χ2v) is 2.54. The van der Waals surface area contributed by atoms with Crippen LogP contribution in [0.5, 0.6) is 0 Å². The Morgan fingerprint density at radius 2 is 0.364 bits per heavy atom. The predicted octanol–water partition coefficient (Wildman–Crippen LogP) is -0.728. The third-order valence-corrected chi connectivity index (χ3v) is 1.21. The van der Waals surface area contributed by atoms with Gasteiger partial charge in [-0.3, -0.25) is 0 Å². The molecule has 0 unspecified atom stereocenters. The Morgan fingerprint density at radius 1 is 0.227 bits per heavy atom. The van der Waals surface area contributed by atoms with Crippen molar-refractivity contribution in [3.63, 3.8) is 0 Å². The molecule has 0 rings (SSSR count). The monoisotopic (exact) mass is 262 g/mol. The Kier molecular flexibility index (Phi) is 13.5. The highest BCUT2D eigenvalue weighted by atomic mass is 13.6. The summed E-state index contributed by atoms with van der Waals surface area (Å²) in [5.74, 6) is 48.2. The molecule has 4 radical (unpaired) electrons. The lowest BCUT2D eigenvalue weighted by molar-refractivity contribution is 2.33. The summed E-state index contributed by atoms with van der Waals surface area (Å²) in [4.78, 5) is 0. The molecule has 86 valence electrons. The van der Waals surface area contributed by atoms with Crippen LogP contribution in [0.1, 0.15) is 0 Å². The minimum absolute atomic E-state index is 2.12. The van der Waals surface area contributed by atoms with Crippen molar-refractivity contribution in [3.8, 4) is 118 Å². The third kappa shape index (κ3) is 15.7. The summed E-state index contributed by atoms with van der Waals surface area (Å²) < 4.78 is 0. The van der Waals surface area contributed by atoms with Crippen molar-refractivity contribution in [2.24, 2.45) is 0 Å². The van der Waals surface area contributed by atoms with Gasteiger partial charge in [-0.25, -0.2) is 0 Å². The first kappa shape index (κ1) is 17.7. The Labute approximate surface area is 134 Å². The van der Waals surface area contributed by atoms with Gasteiger partial charge in [-0.1, -0.05) is 0 Å². The maximum absolute atomic E-state index is 4.90. The predicted molar refractivity (Wildman–Crippen MR) is 89.3 cm³/mol. The van der Waals surface area contributed by atoms with Crippen molar-refractivity contribution < 1.29 is 0 Å². The summed E-state index contributed by atoms with van der Waals surface area (Å²) in [6.07, 6.45) is 0. The van der Waals surface area contributed by atoms with Crippen molar-refractivity contribution in [2.75, 3.05) is 0 Å². The highest BCUT2D eigenvalue weighted by molar-refractivity contribution is 6.22. The Morgan fingerprint density at radius 3 is 0.500 bits per heavy atom.